The largest absolute Gasteiger partial charge is 0.457 e. The lowest BCUT2D eigenvalue weighted by Gasteiger charge is -2.13. The van der Waals surface area contributed by atoms with Crippen LogP contribution in [0.4, 0.5) is 13.2 Å². The van der Waals surface area contributed by atoms with Crippen LogP contribution < -0.4 is 4.74 Å². The number of rotatable bonds is 4. The van der Waals surface area contributed by atoms with Crippen LogP contribution in [0, 0.1) is 0 Å². The van der Waals surface area contributed by atoms with Crippen LogP contribution in [-0.4, -0.2) is 16.8 Å². The second kappa shape index (κ2) is 6.64. The minimum Gasteiger partial charge on any atom is -0.457 e. The number of ketones is 1. The third-order valence-electron chi connectivity index (χ3n) is 2.79. The predicted octanol–water partition coefficient (Wildman–Crippen LogP) is 4.63. The molecular formula is C15H8ClF3N2O2. The lowest BCUT2D eigenvalue weighted by Crippen LogP contribution is -2.14. The van der Waals surface area contributed by atoms with Crippen molar-refractivity contribution in [3.63, 3.8) is 0 Å². The number of hydrogen-bond donors (Lipinski definition) is 0. The molecule has 0 unspecified atom stereocenters. The summed E-state index contributed by atoms with van der Waals surface area (Å²) < 4.78 is 44.6. The summed E-state index contributed by atoms with van der Waals surface area (Å²) in [6.07, 6.45) is -4.38. The number of nitrogens with zero attached hydrogens (tertiary/aromatic N) is 2. The van der Waals surface area contributed by atoms with E-state index in [0.29, 0.717) is 23.1 Å². The number of hydrogen-bond acceptors (Lipinski definition) is 2. The zero-order chi connectivity index (χ0) is 17.0. The Balaban J connectivity index is 2.42. The maximum atomic E-state index is 13.1. The smallest absolute Gasteiger partial charge is 0.417 e. The van der Waals surface area contributed by atoms with Gasteiger partial charge in [-0.1, -0.05) is 11.6 Å². The van der Waals surface area contributed by atoms with Gasteiger partial charge in [-0.25, -0.2) is 0 Å². The van der Waals surface area contributed by atoms with E-state index in [9.17, 15) is 18.0 Å². The van der Waals surface area contributed by atoms with Crippen molar-refractivity contribution in [2.45, 2.75) is 6.18 Å². The Labute approximate surface area is 133 Å². The van der Waals surface area contributed by atoms with Crippen LogP contribution in [0.2, 0.25) is 5.02 Å². The molecule has 0 aliphatic rings. The molecule has 8 heteroatoms. The molecule has 0 spiro atoms. The summed E-state index contributed by atoms with van der Waals surface area (Å²) in [5, 5.41) is 0.456. The molecule has 0 fully saturated rings. The highest BCUT2D eigenvalue weighted by molar-refractivity contribution is 6.34. The van der Waals surface area contributed by atoms with Crippen LogP contribution >= 0.6 is 11.6 Å². The number of carbonyl (C=O) groups is 1. The Bertz CT molecular complexity index is 782. The Morgan fingerprint density at radius 2 is 1.74 bits per heavy atom. The fourth-order valence-corrected chi connectivity index (χ4v) is 1.92. The van der Waals surface area contributed by atoms with E-state index in [-0.39, 0.29) is 5.75 Å². The predicted molar refractivity (Wildman–Crippen MR) is 77.0 cm³/mol. The van der Waals surface area contributed by atoms with E-state index in [4.69, 9.17) is 21.9 Å². The fraction of sp³-hybridized carbons (Fsp3) is 0.0667. The number of benzene rings is 2. The van der Waals surface area contributed by atoms with Crippen LogP contribution in [0.25, 0.3) is 5.53 Å². The summed E-state index contributed by atoms with van der Waals surface area (Å²) in [5.74, 6) is -0.881. The van der Waals surface area contributed by atoms with E-state index in [1.165, 1.54) is 30.3 Å². The van der Waals surface area contributed by atoms with Crippen LogP contribution in [0.15, 0.2) is 42.5 Å². The van der Waals surface area contributed by atoms with E-state index in [0.717, 1.165) is 6.07 Å². The molecule has 0 aliphatic carbocycles. The third kappa shape index (κ3) is 4.18. The highest BCUT2D eigenvalue weighted by Gasteiger charge is 2.36. The van der Waals surface area contributed by atoms with E-state index >= 15 is 0 Å². The van der Waals surface area contributed by atoms with Gasteiger partial charge in [0.15, 0.2) is 0 Å². The second-order valence-corrected chi connectivity index (χ2v) is 4.81. The Kier molecular flexibility index (Phi) is 4.83. The van der Waals surface area contributed by atoms with Gasteiger partial charge in [-0.3, -0.25) is 4.79 Å². The maximum Gasteiger partial charge on any atom is 0.417 e. The minimum atomic E-state index is -4.77. The van der Waals surface area contributed by atoms with Gasteiger partial charge in [0.05, 0.1) is 5.56 Å². The number of carbonyl (C=O) groups excluding carboxylic acids is 1. The molecule has 4 nitrogen and oxygen atoms in total. The van der Waals surface area contributed by atoms with E-state index < -0.39 is 23.1 Å². The van der Waals surface area contributed by atoms with Crippen molar-refractivity contribution in [3.05, 3.63) is 64.1 Å². The molecule has 0 heterocycles. The molecule has 23 heavy (non-hydrogen) atoms. The van der Waals surface area contributed by atoms with Gasteiger partial charge in [0.25, 0.3) is 5.78 Å². The monoisotopic (exact) mass is 340 g/mol. The maximum absolute atomic E-state index is 13.1. The molecule has 0 atom stereocenters. The minimum absolute atomic E-state index is 0.0999. The van der Waals surface area contributed by atoms with Crippen molar-refractivity contribution in [2.24, 2.45) is 0 Å². The van der Waals surface area contributed by atoms with Crippen LogP contribution in [-0.2, 0) is 6.18 Å². The van der Waals surface area contributed by atoms with E-state index in [1.807, 2.05) is 0 Å². The average molecular weight is 341 g/mol. The van der Waals surface area contributed by atoms with Gasteiger partial charge in [-0.15, -0.1) is 0 Å². The molecule has 118 valence electrons. The van der Waals surface area contributed by atoms with Crippen molar-refractivity contribution in [1.82, 2.24) is 0 Å². The van der Waals surface area contributed by atoms with Gasteiger partial charge >= 0.3 is 12.4 Å². The summed E-state index contributed by atoms with van der Waals surface area (Å²) >= 11 is 5.71. The lowest BCUT2D eigenvalue weighted by molar-refractivity contribution is -0.138. The number of ether oxygens (including phenoxy) is 1. The van der Waals surface area contributed by atoms with Crippen molar-refractivity contribution in [1.29, 1.82) is 0 Å². The van der Waals surface area contributed by atoms with Gasteiger partial charge < -0.3 is 10.3 Å². The van der Waals surface area contributed by atoms with Crippen molar-refractivity contribution >= 4 is 23.6 Å². The van der Waals surface area contributed by atoms with E-state index in [1.54, 1.807) is 0 Å². The molecule has 0 N–H and O–H groups in total. The SMILES string of the molecule is [N-]=[N+]=CC(=O)c1ccc(Oc2ccc(Cl)cc2)cc1C(F)(F)F. The quantitative estimate of drug-likeness (QED) is 0.352. The molecule has 2 aromatic rings. The molecule has 2 rings (SSSR count). The first kappa shape index (κ1) is 16.7. The van der Waals surface area contributed by atoms with E-state index in [2.05, 4.69) is 4.79 Å². The Morgan fingerprint density at radius 3 is 2.30 bits per heavy atom. The number of halogens is 4. The highest BCUT2D eigenvalue weighted by atomic mass is 35.5. The van der Waals surface area contributed by atoms with Gasteiger partial charge in [-0.2, -0.15) is 18.0 Å². The summed E-state index contributed by atoms with van der Waals surface area (Å²) in [7, 11) is 0. The average Bonchev–Trinajstić information content (AvgIpc) is 2.49. The van der Waals surface area contributed by atoms with Crippen LogP contribution in [0.1, 0.15) is 15.9 Å². The molecule has 0 aliphatic heterocycles. The van der Waals surface area contributed by atoms with Gasteiger partial charge in [0, 0.05) is 10.6 Å². The molecule has 0 radical (unpaired) electrons. The molecule has 0 amide bonds. The molecular weight excluding hydrogens is 333 g/mol. The van der Waals surface area contributed by atoms with Crippen LogP contribution in [0.3, 0.4) is 0 Å². The molecule has 0 bridgehead atoms. The summed E-state index contributed by atoms with van der Waals surface area (Å²) in [5.41, 5.74) is 6.47. The second-order valence-electron chi connectivity index (χ2n) is 4.37. The molecule has 0 saturated carbocycles. The topological polar surface area (TPSA) is 62.7 Å². The van der Waals surface area contributed by atoms with Gasteiger partial charge in [0.2, 0.25) is 0 Å². The summed E-state index contributed by atoms with van der Waals surface area (Å²) in [4.78, 5) is 14.0. The molecule has 2 aromatic carbocycles. The standard InChI is InChI=1S/C15H8ClF3N2O2/c16-9-1-3-10(4-2-9)23-11-5-6-12(14(22)8-21-20)13(7-11)15(17,18)19/h1-8H. The zero-order valence-electron chi connectivity index (χ0n) is 11.3. The molecule has 0 aromatic heterocycles. The van der Waals surface area contributed by atoms with Crippen molar-refractivity contribution in [3.8, 4) is 11.5 Å². The summed E-state index contributed by atoms with van der Waals surface area (Å²) in [6, 6.07) is 8.90. The fourth-order valence-electron chi connectivity index (χ4n) is 1.80. The first-order chi connectivity index (χ1) is 10.8. The zero-order valence-corrected chi connectivity index (χ0v) is 12.1. The van der Waals surface area contributed by atoms with Crippen molar-refractivity contribution < 1.29 is 27.5 Å². The van der Waals surface area contributed by atoms with Crippen molar-refractivity contribution in [2.75, 3.05) is 0 Å². The van der Waals surface area contributed by atoms with Gasteiger partial charge in [0.1, 0.15) is 11.5 Å². The first-order valence-corrected chi connectivity index (χ1v) is 6.55. The Hall–Kier alpha value is -2.63. The third-order valence-corrected chi connectivity index (χ3v) is 3.04. The summed E-state index contributed by atoms with van der Waals surface area (Å²) in [6.45, 7) is 0. The molecule has 0 saturated heterocycles. The number of Topliss-reactive ketones (excluding diaryl/α,β-unsaturated/α-hetero) is 1. The normalized spacial score (nSPS) is 10.8. The van der Waals surface area contributed by atoms with Crippen LogP contribution in [0.5, 0.6) is 11.5 Å². The Morgan fingerprint density at radius 1 is 1.13 bits per heavy atom. The highest BCUT2D eigenvalue weighted by Crippen LogP contribution is 2.35. The van der Waals surface area contributed by atoms with Gasteiger partial charge in [-0.05, 0) is 42.5 Å². The number of alkyl halides is 3. The first-order valence-electron chi connectivity index (χ1n) is 6.17. The lowest BCUT2D eigenvalue weighted by atomic mass is 10.0.